The van der Waals surface area contributed by atoms with Crippen molar-refractivity contribution in [3.63, 3.8) is 0 Å². The molecular weight excluding hydrogens is 328 g/mol. The Kier molecular flexibility index (Phi) is 5.27. The SMILES string of the molecule is O=C(c1ccn(C2CCCC2)n1)N1CCC(C(=O)N2CCCCC2)CC1. The Bertz CT molecular complexity index is 636. The molecule has 6 nitrogen and oxygen atoms in total. The van der Waals surface area contributed by atoms with E-state index in [2.05, 4.69) is 5.10 Å². The van der Waals surface area contributed by atoms with Crippen molar-refractivity contribution in [1.82, 2.24) is 19.6 Å². The van der Waals surface area contributed by atoms with Gasteiger partial charge in [-0.3, -0.25) is 14.3 Å². The summed E-state index contributed by atoms with van der Waals surface area (Å²) >= 11 is 0. The molecule has 0 bridgehead atoms. The molecule has 4 rings (SSSR count). The van der Waals surface area contributed by atoms with E-state index in [1.165, 1.54) is 32.1 Å². The van der Waals surface area contributed by atoms with Crippen LogP contribution < -0.4 is 0 Å². The first-order valence-corrected chi connectivity index (χ1v) is 10.4. The zero-order chi connectivity index (χ0) is 17.9. The van der Waals surface area contributed by atoms with Crippen LogP contribution in [0.3, 0.4) is 0 Å². The first-order valence-electron chi connectivity index (χ1n) is 10.4. The Morgan fingerprint density at radius 1 is 0.846 bits per heavy atom. The van der Waals surface area contributed by atoms with Crippen LogP contribution in [0.5, 0.6) is 0 Å². The van der Waals surface area contributed by atoms with Crippen molar-refractivity contribution < 1.29 is 9.59 Å². The molecule has 1 aromatic rings. The quantitative estimate of drug-likeness (QED) is 0.835. The van der Waals surface area contributed by atoms with Crippen LogP contribution in [0.25, 0.3) is 0 Å². The number of rotatable bonds is 3. The highest BCUT2D eigenvalue weighted by molar-refractivity contribution is 5.92. The standard InChI is InChI=1S/C20H30N4O2/c25-19(22-11-4-1-5-12-22)16-8-13-23(14-9-16)20(26)18-10-15-24(21-18)17-6-2-3-7-17/h10,15-17H,1-9,11-14H2. The fourth-order valence-electron chi connectivity index (χ4n) is 4.69. The second kappa shape index (κ2) is 7.80. The van der Waals surface area contributed by atoms with Gasteiger partial charge in [0, 0.05) is 38.3 Å². The predicted octanol–water partition coefficient (Wildman–Crippen LogP) is 2.86. The zero-order valence-electron chi connectivity index (χ0n) is 15.6. The summed E-state index contributed by atoms with van der Waals surface area (Å²) in [6.45, 7) is 3.16. The predicted molar refractivity (Wildman–Crippen MR) is 98.8 cm³/mol. The van der Waals surface area contributed by atoms with E-state index in [1.807, 2.05) is 26.7 Å². The molecule has 2 saturated heterocycles. The maximum atomic E-state index is 12.8. The Hall–Kier alpha value is -1.85. The van der Waals surface area contributed by atoms with Gasteiger partial charge in [0.15, 0.2) is 0 Å². The van der Waals surface area contributed by atoms with Gasteiger partial charge < -0.3 is 9.80 Å². The number of hydrogen-bond acceptors (Lipinski definition) is 3. The molecule has 3 heterocycles. The number of nitrogens with zero attached hydrogens (tertiary/aromatic N) is 4. The van der Waals surface area contributed by atoms with Crippen LogP contribution >= 0.6 is 0 Å². The Morgan fingerprint density at radius 2 is 1.54 bits per heavy atom. The fraction of sp³-hybridized carbons (Fsp3) is 0.750. The van der Waals surface area contributed by atoms with E-state index in [9.17, 15) is 9.59 Å². The number of aromatic nitrogens is 2. The number of carbonyl (C=O) groups is 2. The van der Waals surface area contributed by atoms with Crippen LogP contribution in [-0.4, -0.2) is 57.6 Å². The van der Waals surface area contributed by atoms with E-state index >= 15 is 0 Å². The smallest absolute Gasteiger partial charge is 0.274 e. The molecule has 0 unspecified atom stereocenters. The minimum absolute atomic E-state index is 0.0191. The third kappa shape index (κ3) is 3.64. The summed E-state index contributed by atoms with van der Waals surface area (Å²) < 4.78 is 1.98. The first kappa shape index (κ1) is 17.6. The van der Waals surface area contributed by atoms with Gasteiger partial charge in [0.2, 0.25) is 5.91 Å². The van der Waals surface area contributed by atoms with E-state index < -0.39 is 0 Å². The Morgan fingerprint density at radius 3 is 2.23 bits per heavy atom. The molecule has 0 N–H and O–H groups in total. The minimum Gasteiger partial charge on any atom is -0.342 e. The van der Waals surface area contributed by atoms with Gasteiger partial charge >= 0.3 is 0 Å². The highest BCUT2D eigenvalue weighted by atomic mass is 16.2. The maximum absolute atomic E-state index is 12.8. The van der Waals surface area contributed by atoms with Crippen LogP contribution in [0.1, 0.15) is 74.3 Å². The van der Waals surface area contributed by atoms with Crippen LogP contribution in [0, 0.1) is 5.92 Å². The van der Waals surface area contributed by atoms with Gasteiger partial charge in [0.1, 0.15) is 5.69 Å². The molecule has 1 aromatic heterocycles. The lowest BCUT2D eigenvalue weighted by molar-refractivity contribution is -0.137. The average molecular weight is 358 g/mol. The van der Waals surface area contributed by atoms with Crippen LogP contribution in [0.2, 0.25) is 0 Å². The van der Waals surface area contributed by atoms with Gasteiger partial charge in [-0.15, -0.1) is 0 Å². The van der Waals surface area contributed by atoms with Crippen molar-refractivity contribution in [2.45, 2.75) is 63.8 Å². The summed E-state index contributed by atoms with van der Waals surface area (Å²) in [5.74, 6) is 0.418. The van der Waals surface area contributed by atoms with Crippen molar-refractivity contribution in [3.8, 4) is 0 Å². The lowest BCUT2D eigenvalue weighted by Gasteiger charge is -2.35. The van der Waals surface area contributed by atoms with Gasteiger partial charge in [0.25, 0.3) is 5.91 Å². The largest absolute Gasteiger partial charge is 0.342 e. The van der Waals surface area contributed by atoms with Gasteiger partial charge in [-0.25, -0.2) is 0 Å². The molecule has 6 heteroatoms. The minimum atomic E-state index is 0.0191. The number of amides is 2. The Labute approximate surface area is 155 Å². The van der Waals surface area contributed by atoms with Crippen molar-refractivity contribution in [2.75, 3.05) is 26.2 Å². The summed E-state index contributed by atoms with van der Waals surface area (Å²) in [6.07, 6.45) is 11.9. The molecular formula is C20H30N4O2. The van der Waals surface area contributed by atoms with E-state index in [4.69, 9.17) is 0 Å². The highest BCUT2D eigenvalue weighted by Gasteiger charge is 2.31. The lowest BCUT2D eigenvalue weighted by Crippen LogP contribution is -2.45. The molecule has 2 aliphatic heterocycles. The fourth-order valence-corrected chi connectivity index (χ4v) is 4.69. The normalized spacial score (nSPS) is 22.8. The summed E-state index contributed by atoms with van der Waals surface area (Å²) in [4.78, 5) is 29.3. The zero-order valence-corrected chi connectivity index (χ0v) is 15.6. The van der Waals surface area contributed by atoms with E-state index in [0.29, 0.717) is 30.7 Å². The third-order valence-corrected chi connectivity index (χ3v) is 6.33. The molecule has 0 atom stereocenters. The van der Waals surface area contributed by atoms with Crippen molar-refractivity contribution in [1.29, 1.82) is 0 Å². The number of likely N-dealkylation sites (tertiary alicyclic amines) is 2. The topological polar surface area (TPSA) is 58.4 Å². The molecule has 3 aliphatic rings. The monoisotopic (exact) mass is 358 g/mol. The first-order chi connectivity index (χ1) is 12.7. The number of carbonyl (C=O) groups excluding carboxylic acids is 2. The summed E-state index contributed by atoms with van der Waals surface area (Å²) in [5.41, 5.74) is 0.553. The third-order valence-electron chi connectivity index (χ3n) is 6.33. The van der Waals surface area contributed by atoms with Crippen LogP contribution in [0.4, 0.5) is 0 Å². The van der Waals surface area contributed by atoms with Crippen molar-refractivity contribution in [3.05, 3.63) is 18.0 Å². The summed E-state index contributed by atoms with van der Waals surface area (Å²) in [7, 11) is 0. The second-order valence-corrected chi connectivity index (χ2v) is 8.07. The molecule has 1 aliphatic carbocycles. The highest BCUT2D eigenvalue weighted by Crippen LogP contribution is 2.29. The number of hydrogen-bond donors (Lipinski definition) is 0. The van der Waals surface area contributed by atoms with Gasteiger partial charge in [-0.1, -0.05) is 12.8 Å². The van der Waals surface area contributed by atoms with Gasteiger partial charge in [0.05, 0.1) is 6.04 Å². The Balaban J connectivity index is 1.31. The summed E-state index contributed by atoms with van der Waals surface area (Å²) in [6, 6.07) is 2.32. The molecule has 0 radical (unpaired) electrons. The van der Waals surface area contributed by atoms with E-state index in [1.54, 1.807) is 0 Å². The average Bonchev–Trinajstić information content (AvgIpc) is 3.39. The molecule has 2 amide bonds. The molecule has 0 aromatic carbocycles. The summed E-state index contributed by atoms with van der Waals surface area (Å²) in [5, 5.41) is 4.55. The van der Waals surface area contributed by atoms with Gasteiger partial charge in [-0.2, -0.15) is 5.10 Å². The number of piperidine rings is 2. The second-order valence-electron chi connectivity index (χ2n) is 8.07. The lowest BCUT2D eigenvalue weighted by atomic mass is 9.94. The van der Waals surface area contributed by atoms with Crippen molar-refractivity contribution >= 4 is 11.8 Å². The van der Waals surface area contributed by atoms with Crippen molar-refractivity contribution in [2.24, 2.45) is 5.92 Å². The van der Waals surface area contributed by atoms with E-state index in [-0.39, 0.29) is 11.8 Å². The van der Waals surface area contributed by atoms with Crippen LogP contribution in [-0.2, 0) is 4.79 Å². The molecule has 26 heavy (non-hydrogen) atoms. The maximum Gasteiger partial charge on any atom is 0.274 e. The molecule has 3 fully saturated rings. The molecule has 1 saturated carbocycles. The van der Waals surface area contributed by atoms with Crippen LogP contribution in [0.15, 0.2) is 12.3 Å². The molecule has 0 spiro atoms. The molecule has 142 valence electrons. The van der Waals surface area contributed by atoms with Gasteiger partial charge in [-0.05, 0) is 51.0 Å². The van der Waals surface area contributed by atoms with E-state index in [0.717, 1.165) is 38.8 Å².